The van der Waals surface area contributed by atoms with Gasteiger partial charge in [-0.05, 0) is 46.5 Å². The molecule has 114 valence electrons. The summed E-state index contributed by atoms with van der Waals surface area (Å²) in [5.41, 5.74) is 0.684. The summed E-state index contributed by atoms with van der Waals surface area (Å²) in [5, 5.41) is 3.39. The van der Waals surface area contributed by atoms with Gasteiger partial charge < -0.3 is 5.32 Å². The van der Waals surface area contributed by atoms with E-state index < -0.39 is 12.1 Å². The van der Waals surface area contributed by atoms with Crippen molar-refractivity contribution in [1.29, 1.82) is 0 Å². The van der Waals surface area contributed by atoms with E-state index >= 15 is 0 Å². The highest BCUT2D eigenvalue weighted by molar-refractivity contribution is 9.10. The highest BCUT2D eigenvalue weighted by Gasteiger charge is 2.41. The quantitative estimate of drug-likeness (QED) is 0.883. The van der Waals surface area contributed by atoms with E-state index in [4.69, 9.17) is 11.6 Å². The van der Waals surface area contributed by atoms with Crippen LogP contribution in [0.5, 0.6) is 0 Å². The first-order chi connectivity index (χ1) is 9.86. The lowest BCUT2D eigenvalue weighted by Crippen LogP contribution is -2.64. The molecule has 1 aliphatic heterocycles. The molecule has 1 fully saturated rings. The van der Waals surface area contributed by atoms with Crippen molar-refractivity contribution in [2.75, 3.05) is 4.90 Å². The number of nitrogens with zero attached hydrogens (tertiary/aromatic N) is 1. The molecule has 1 aliphatic rings. The van der Waals surface area contributed by atoms with Crippen LogP contribution in [-0.4, -0.2) is 23.9 Å². The van der Waals surface area contributed by atoms with Crippen LogP contribution in [0, 0.1) is 5.92 Å². The van der Waals surface area contributed by atoms with Gasteiger partial charge in [0.05, 0.1) is 5.02 Å². The number of carbonyl (C=O) groups is 2. The molecule has 1 aromatic carbocycles. The summed E-state index contributed by atoms with van der Waals surface area (Å²) < 4.78 is 0.705. The molecule has 2 rings (SSSR count). The lowest BCUT2D eigenvalue weighted by atomic mass is 9.96. The number of hydrogen-bond acceptors (Lipinski definition) is 2. The Kier molecular flexibility index (Phi) is 4.94. The summed E-state index contributed by atoms with van der Waals surface area (Å²) in [5.74, 6) is -0.148. The molecular weight excluding hydrogens is 356 g/mol. The predicted octanol–water partition coefficient (Wildman–Crippen LogP) is 3.37. The lowest BCUT2D eigenvalue weighted by molar-refractivity contribution is -0.134. The Morgan fingerprint density at radius 1 is 1.38 bits per heavy atom. The number of piperazine rings is 1. The first-order valence-corrected chi connectivity index (χ1v) is 8.12. The maximum Gasteiger partial charge on any atom is 0.250 e. The maximum atomic E-state index is 12.7. The maximum absolute atomic E-state index is 12.7. The van der Waals surface area contributed by atoms with E-state index in [-0.39, 0.29) is 17.7 Å². The second kappa shape index (κ2) is 6.36. The molecule has 2 atom stereocenters. The van der Waals surface area contributed by atoms with E-state index in [2.05, 4.69) is 21.2 Å². The van der Waals surface area contributed by atoms with Gasteiger partial charge in [0.2, 0.25) is 5.91 Å². The minimum Gasteiger partial charge on any atom is -0.342 e. The van der Waals surface area contributed by atoms with E-state index in [1.165, 1.54) is 0 Å². The molecule has 0 aliphatic carbocycles. The van der Waals surface area contributed by atoms with Crippen LogP contribution in [-0.2, 0) is 9.59 Å². The van der Waals surface area contributed by atoms with Gasteiger partial charge in [-0.2, -0.15) is 0 Å². The molecule has 1 aromatic rings. The van der Waals surface area contributed by atoms with Crippen molar-refractivity contribution in [3.63, 3.8) is 0 Å². The molecule has 1 saturated heterocycles. The van der Waals surface area contributed by atoms with E-state index in [1.807, 2.05) is 20.8 Å². The number of rotatable bonds is 3. The molecule has 0 bridgehead atoms. The molecule has 4 nitrogen and oxygen atoms in total. The van der Waals surface area contributed by atoms with Crippen LogP contribution in [0.4, 0.5) is 5.69 Å². The third-order valence-electron chi connectivity index (χ3n) is 3.65. The summed E-state index contributed by atoms with van der Waals surface area (Å²) in [7, 11) is 0. The van der Waals surface area contributed by atoms with Crippen LogP contribution in [0.15, 0.2) is 22.7 Å². The van der Waals surface area contributed by atoms with E-state index in [0.717, 1.165) is 0 Å². The van der Waals surface area contributed by atoms with Crippen LogP contribution < -0.4 is 10.2 Å². The van der Waals surface area contributed by atoms with Gasteiger partial charge in [-0.25, -0.2) is 0 Å². The van der Waals surface area contributed by atoms with Crippen molar-refractivity contribution in [1.82, 2.24) is 5.32 Å². The molecule has 21 heavy (non-hydrogen) atoms. The zero-order valence-electron chi connectivity index (χ0n) is 12.2. The van der Waals surface area contributed by atoms with Crippen LogP contribution in [0.1, 0.15) is 27.2 Å². The number of benzene rings is 1. The van der Waals surface area contributed by atoms with Crippen molar-refractivity contribution in [2.45, 2.75) is 39.3 Å². The fourth-order valence-electron chi connectivity index (χ4n) is 2.49. The molecule has 1 heterocycles. The largest absolute Gasteiger partial charge is 0.342 e. The number of amides is 2. The SMILES string of the molecule is CCC1C(=O)NC(C(C)C)C(=O)N1c1ccc(Cl)c(Br)c1. The number of carbonyl (C=O) groups excluding carboxylic acids is 2. The number of halogens is 2. The Morgan fingerprint density at radius 2 is 2.05 bits per heavy atom. The monoisotopic (exact) mass is 372 g/mol. The third-order valence-corrected chi connectivity index (χ3v) is 4.86. The van der Waals surface area contributed by atoms with Crippen molar-refractivity contribution in [3.05, 3.63) is 27.7 Å². The second-order valence-corrected chi connectivity index (χ2v) is 6.72. The molecule has 0 radical (unpaired) electrons. The van der Waals surface area contributed by atoms with Gasteiger partial charge >= 0.3 is 0 Å². The molecule has 2 unspecified atom stereocenters. The Labute approximate surface area is 138 Å². The number of nitrogens with one attached hydrogen (secondary N) is 1. The highest BCUT2D eigenvalue weighted by atomic mass is 79.9. The fraction of sp³-hybridized carbons (Fsp3) is 0.467. The number of anilines is 1. The van der Waals surface area contributed by atoms with Crippen molar-refractivity contribution in [2.24, 2.45) is 5.92 Å². The number of hydrogen-bond donors (Lipinski definition) is 1. The zero-order chi connectivity index (χ0) is 15.7. The summed E-state index contributed by atoms with van der Waals surface area (Å²) in [6.45, 7) is 5.74. The van der Waals surface area contributed by atoms with Crippen molar-refractivity contribution >= 4 is 45.0 Å². The standard InChI is InChI=1S/C15H18BrClN2O2/c1-4-12-14(20)18-13(8(2)3)15(21)19(12)9-5-6-11(17)10(16)7-9/h5-8,12-13H,4H2,1-3H3,(H,18,20). The Hall–Kier alpha value is -1.07. The summed E-state index contributed by atoms with van der Waals surface area (Å²) in [6, 6.07) is 4.29. The minimum absolute atomic E-state index is 0.0393. The predicted molar refractivity (Wildman–Crippen MR) is 87.5 cm³/mol. The lowest BCUT2D eigenvalue weighted by Gasteiger charge is -2.40. The van der Waals surface area contributed by atoms with Gasteiger partial charge in [-0.3, -0.25) is 14.5 Å². The first-order valence-electron chi connectivity index (χ1n) is 6.95. The average Bonchev–Trinajstić information content (AvgIpc) is 2.43. The van der Waals surface area contributed by atoms with Gasteiger partial charge in [0.25, 0.3) is 5.91 Å². The second-order valence-electron chi connectivity index (χ2n) is 5.46. The Bertz CT molecular complexity index is 577. The summed E-state index contributed by atoms with van der Waals surface area (Å²) in [6.07, 6.45) is 0.558. The Morgan fingerprint density at radius 3 is 2.57 bits per heavy atom. The van der Waals surface area contributed by atoms with Gasteiger partial charge in [0.1, 0.15) is 12.1 Å². The van der Waals surface area contributed by atoms with Crippen LogP contribution >= 0.6 is 27.5 Å². The summed E-state index contributed by atoms with van der Waals surface area (Å²) in [4.78, 5) is 26.6. The molecule has 0 saturated carbocycles. The van der Waals surface area contributed by atoms with E-state index in [1.54, 1.807) is 23.1 Å². The molecule has 0 spiro atoms. The van der Waals surface area contributed by atoms with Crippen LogP contribution in [0.3, 0.4) is 0 Å². The van der Waals surface area contributed by atoms with Crippen molar-refractivity contribution in [3.8, 4) is 0 Å². The average molecular weight is 374 g/mol. The summed E-state index contributed by atoms with van der Waals surface area (Å²) >= 11 is 9.37. The van der Waals surface area contributed by atoms with Gasteiger partial charge in [-0.15, -0.1) is 0 Å². The first kappa shape index (κ1) is 16.3. The van der Waals surface area contributed by atoms with Crippen molar-refractivity contribution < 1.29 is 9.59 Å². The molecular formula is C15H18BrClN2O2. The molecule has 0 aromatic heterocycles. The smallest absolute Gasteiger partial charge is 0.250 e. The third kappa shape index (κ3) is 3.09. The van der Waals surface area contributed by atoms with E-state index in [0.29, 0.717) is 21.6 Å². The Balaban J connectivity index is 2.46. The van der Waals surface area contributed by atoms with Gasteiger partial charge in [0.15, 0.2) is 0 Å². The van der Waals surface area contributed by atoms with Gasteiger partial charge in [-0.1, -0.05) is 32.4 Å². The van der Waals surface area contributed by atoms with Crippen LogP contribution in [0.25, 0.3) is 0 Å². The highest BCUT2D eigenvalue weighted by Crippen LogP contribution is 2.31. The molecule has 6 heteroatoms. The molecule has 2 amide bonds. The zero-order valence-corrected chi connectivity index (χ0v) is 14.5. The van der Waals surface area contributed by atoms with E-state index in [9.17, 15) is 9.59 Å². The normalized spacial score (nSPS) is 22.7. The minimum atomic E-state index is -0.491. The topological polar surface area (TPSA) is 49.4 Å². The van der Waals surface area contributed by atoms with Crippen LogP contribution in [0.2, 0.25) is 5.02 Å². The molecule has 1 N–H and O–H groups in total. The fourth-order valence-corrected chi connectivity index (χ4v) is 2.98. The van der Waals surface area contributed by atoms with Gasteiger partial charge in [0, 0.05) is 10.2 Å².